The van der Waals surface area contributed by atoms with E-state index in [9.17, 15) is 14.0 Å². The largest absolute Gasteiger partial charge is 0.316 e. The topological polar surface area (TPSA) is 44.0 Å². The number of hydrogen-bond acceptors (Lipinski definition) is 2. The first-order chi connectivity index (χ1) is 10.6. The first-order valence-corrected chi connectivity index (χ1v) is 7.68. The van der Waals surface area contributed by atoms with E-state index in [1.54, 1.807) is 24.5 Å². The van der Waals surface area contributed by atoms with Crippen LogP contribution in [-0.4, -0.2) is 9.13 Å². The Morgan fingerprint density at radius 3 is 2.23 bits per heavy atom. The highest BCUT2D eigenvalue weighted by Crippen LogP contribution is 2.25. The summed E-state index contributed by atoms with van der Waals surface area (Å²) in [6, 6.07) is 5.93. The third-order valence-corrected chi connectivity index (χ3v) is 4.33. The molecule has 0 N–H and O–H groups in total. The highest BCUT2D eigenvalue weighted by Gasteiger charge is 2.16. The van der Waals surface area contributed by atoms with Crippen molar-refractivity contribution in [2.75, 3.05) is 0 Å². The number of halogens is 1. The SMILES string of the molecule is O=c1c(=O)n(CC2CCCC2)ccn1Cc1ccc(F)cc1. The van der Waals surface area contributed by atoms with Gasteiger partial charge >= 0.3 is 11.1 Å². The molecule has 0 saturated heterocycles. The van der Waals surface area contributed by atoms with Crippen LogP contribution in [0.5, 0.6) is 0 Å². The van der Waals surface area contributed by atoms with Crippen molar-refractivity contribution in [1.29, 1.82) is 0 Å². The normalized spacial score (nSPS) is 15.3. The lowest BCUT2D eigenvalue weighted by molar-refractivity contribution is 0.442. The molecule has 0 unspecified atom stereocenters. The first kappa shape index (κ1) is 14.8. The molecule has 1 saturated carbocycles. The maximum absolute atomic E-state index is 12.9. The van der Waals surface area contributed by atoms with Crippen LogP contribution in [-0.2, 0) is 13.1 Å². The van der Waals surface area contributed by atoms with Crippen molar-refractivity contribution >= 4 is 0 Å². The molecule has 0 atom stereocenters. The Labute approximate surface area is 127 Å². The predicted molar refractivity (Wildman–Crippen MR) is 82.4 cm³/mol. The van der Waals surface area contributed by atoms with Crippen LogP contribution < -0.4 is 11.1 Å². The maximum atomic E-state index is 12.9. The fraction of sp³-hybridized carbons (Fsp3) is 0.412. The smallest absolute Gasteiger partial charge is 0.309 e. The summed E-state index contributed by atoms with van der Waals surface area (Å²) in [5, 5.41) is 0. The molecule has 0 radical (unpaired) electrons. The van der Waals surface area contributed by atoms with Crippen molar-refractivity contribution in [1.82, 2.24) is 9.13 Å². The van der Waals surface area contributed by atoms with Gasteiger partial charge in [-0.15, -0.1) is 0 Å². The van der Waals surface area contributed by atoms with Crippen molar-refractivity contribution in [3.05, 3.63) is 68.7 Å². The monoisotopic (exact) mass is 302 g/mol. The second-order valence-corrected chi connectivity index (χ2v) is 5.97. The summed E-state index contributed by atoms with van der Waals surface area (Å²) in [5.41, 5.74) is -0.210. The number of benzene rings is 1. The number of aromatic nitrogens is 2. The van der Waals surface area contributed by atoms with Gasteiger partial charge in [0.05, 0.1) is 6.54 Å². The second kappa shape index (κ2) is 6.30. The molecule has 1 aliphatic rings. The number of rotatable bonds is 4. The van der Waals surface area contributed by atoms with E-state index in [0.29, 0.717) is 12.5 Å². The number of nitrogens with zero attached hydrogens (tertiary/aromatic N) is 2. The van der Waals surface area contributed by atoms with Crippen LogP contribution in [0, 0.1) is 11.7 Å². The van der Waals surface area contributed by atoms with E-state index >= 15 is 0 Å². The molecule has 0 aliphatic heterocycles. The molecule has 22 heavy (non-hydrogen) atoms. The summed E-state index contributed by atoms with van der Waals surface area (Å²) in [7, 11) is 0. The van der Waals surface area contributed by atoms with Gasteiger partial charge in [-0.2, -0.15) is 0 Å². The summed E-state index contributed by atoms with van der Waals surface area (Å²) < 4.78 is 15.8. The summed E-state index contributed by atoms with van der Waals surface area (Å²) in [6.07, 6.45) is 8.01. The summed E-state index contributed by atoms with van der Waals surface area (Å²) in [6.45, 7) is 0.907. The van der Waals surface area contributed by atoms with E-state index in [4.69, 9.17) is 0 Å². The molecular weight excluding hydrogens is 283 g/mol. The Bertz CT molecular complexity index is 755. The summed E-state index contributed by atoms with van der Waals surface area (Å²) in [4.78, 5) is 24.4. The van der Waals surface area contributed by atoms with Crippen LogP contribution in [0.4, 0.5) is 4.39 Å². The Morgan fingerprint density at radius 1 is 0.955 bits per heavy atom. The zero-order valence-electron chi connectivity index (χ0n) is 12.4. The highest BCUT2D eigenvalue weighted by atomic mass is 19.1. The molecule has 2 aromatic rings. The lowest BCUT2D eigenvalue weighted by Crippen LogP contribution is -2.41. The lowest BCUT2D eigenvalue weighted by Gasteiger charge is -2.12. The van der Waals surface area contributed by atoms with Gasteiger partial charge in [0.1, 0.15) is 5.82 Å². The van der Waals surface area contributed by atoms with Gasteiger partial charge in [0.15, 0.2) is 0 Å². The van der Waals surface area contributed by atoms with Gasteiger partial charge in [-0.3, -0.25) is 9.59 Å². The number of hydrogen-bond donors (Lipinski definition) is 0. The van der Waals surface area contributed by atoms with E-state index < -0.39 is 11.1 Å². The minimum absolute atomic E-state index is 0.276. The average Bonchev–Trinajstić information content (AvgIpc) is 3.02. The molecule has 1 heterocycles. The van der Waals surface area contributed by atoms with Crippen LogP contribution in [0.25, 0.3) is 0 Å². The van der Waals surface area contributed by atoms with Gasteiger partial charge in [-0.25, -0.2) is 4.39 Å². The van der Waals surface area contributed by atoms with E-state index in [0.717, 1.165) is 18.4 Å². The molecule has 0 amide bonds. The third-order valence-electron chi connectivity index (χ3n) is 4.33. The first-order valence-electron chi connectivity index (χ1n) is 7.68. The van der Waals surface area contributed by atoms with Crippen molar-refractivity contribution in [3.8, 4) is 0 Å². The Kier molecular flexibility index (Phi) is 4.22. The molecule has 4 nitrogen and oxygen atoms in total. The van der Waals surface area contributed by atoms with Gasteiger partial charge < -0.3 is 9.13 Å². The van der Waals surface area contributed by atoms with Gasteiger partial charge in [0.2, 0.25) is 0 Å². The molecule has 3 rings (SSSR count). The zero-order valence-corrected chi connectivity index (χ0v) is 12.4. The standard InChI is InChI=1S/C17H19FN2O2/c18-15-7-5-14(6-8-15)12-20-10-9-19(16(21)17(20)22)11-13-3-1-2-4-13/h5-10,13H,1-4,11-12H2. The van der Waals surface area contributed by atoms with Crippen LogP contribution in [0.15, 0.2) is 46.2 Å². The molecule has 1 aromatic heterocycles. The molecule has 5 heteroatoms. The van der Waals surface area contributed by atoms with Crippen LogP contribution in [0.1, 0.15) is 31.2 Å². The maximum Gasteiger partial charge on any atom is 0.316 e. The molecular formula is C17H19FN2O2. The Hall–Kier alpha value is -2.17. The average molecular weight is 302 g/mol. The van der Waals surface area contributed by atoms with Crippen LogP contribution in [0.3, 0.4) is 0 Å². The summed E-state index contributed by atoms with van der Waals surface area (Å²) >= 11 is 0. The van der Waals surface area contributed by atoms with Gasteiger partial charge in [0, 0.05) is 18.9 Å². The quantitative estimate of drug-likeness (QED) is 0.814. The van der Waals surface area contributed by atoms with Crippen molar-refractivity contribution < 1.29 is 4.39 Å². The predicted octanol–water partition coefficient (Wildman–Crippen LogP) is 2.39. The van der Waals surface area contributed by atoms with E-state index in [2.05, 4.69) is 0 Å². The molecule has 1 aliphatic carbocycles. The second-order valence-electron chi connectivity index (χ2n) is 5.97. The highest BCUT2D eigenvalue weighted by molar-refractivity contribution is 5.16. The van der Waals surface area contributed by atoms with E-state index in [1.165, 1.54) is 34.1 Å². The van der Waals surface area contributed by atoms with Gasteiger partial charge in [-0.05, 0) is 36.5 Å². The Balaban J connectivity index is 1.81. The van der Waals surface area contributed by atoms with Crippen molar-refractivity contribution in [2.45, 2.75) is 38.8 Å². The summed E-state index contributed by atoms with van der Waals surface area (Å²) in [5.74, 6) is 0.188. The molecule has 1 fully saturated rings. The van der Waals surface area contributed by atoms with Crippen LogP contribution in [0.2, 0.25) is 0 Å². The van der Waals surface area contributed by atoms with E-state index in [-0.39, 0.29) is 12.4 Å². The van der Waals surface area contributed by atoms with Crippen molar-refractivity contribution in [2.24, 2.45) is 5.92 Å². The molecule has 0 spiro atoms. The molecule has 1 aromatic carbocycles. The molecule has 0 bridgehead atoms. The van der Waals surface area contributed by atoms with Crippen LogP contribution >= 0.6 is 0 Å². The van der Waals surface area contributed by atoms with Gasteiger partial charge in [-0.1, -0.05) is 25.0 Å². The minimum Gasteiger partial charge on any atom is -0.309 e. The van der Waals surface area contributed by atoms with E-state index in [1.807, 2.05) is 0 Å². The fourth-order valence-electron chi connectivity index (χ4n) is 3.07. The zero-order chi connectivity index (χ0) is 15.5. The fourth-order valence-corrected chi connectivity index (χ4v) is 3.07. The van der Waals surface area contributed by atoms with Gasteiger partial charge in [0.25, 0.3) is 0 Å². The Morgan fingerprint density at radius 2 is 1.55 bits per heavy atom. The lowest BCUT2D eigenvalue weighted by atomic mass is 10.1. The minimum atomic E-state index is -0.523. The molecule has 116 valence electrons. The van der Waals surface area contributed by atoms with Crippen molar-refractivity contribution in [3.63, 3.8) is 0 Å². The third kappa shape index (κ3) is 3.18.